The van der Waals surface area contributed by atoms with E-state index in [9.17, 15) is 4.79 Å². The fourth-order valence-electron chi connectivity index (χ4n) is 3.17. The molecule has 0 spiro atoms. The molecule has 3 N–H and O–H groups in total. The van der Waals surface area contributed by atoms with Gasteiger partial charge in [-0.1, -0.05) is 6.42 Å². The quantitative estimate of drug-likeness (QED) is 0.691. The fourth-order valence-corrected chi connectivity index (χ4v) is 3.17. The molecule has 2 rings (SSSR count). The second-order valence-corrected chi connectivity index (χ2v) is 4.60. The molecule has 0 aromatic rings. The Labute approximate surface area is 78.3 Å². The predicted octanol–water partition coefficient (Wildman–Crippen LogP) is 1.22. The predicted molar refractivity (Wildman–Crippen MR) is 49.2 cm³/mol. The van der Waals surface area contributed by atoms with Gasteiger partial charge in [0.05, 0.1) is 6.42 Å². The van der Waals surface area contributed by atoms with Crippen LogP contribution < -0.4 is 5.73 Å². The molecule has 0 saturated heterocycles. The lowest BCUT2D eigenvalue weighted by Crippen LogP contribution is -2.35. The highest BCUT2D eigenvalue weighted by molar-refractivity contribution is 5.67. The third-order valence-electron chi connectivity index (χ3n) is 3.75. The number of hydrogen-bond acceptors (Lipinski definition) is 2. The molecule has 3 heteroatoms. The van der Waals surface area contributed by atoms with Crippen molar-refractivity contribution in [1.82, 2.24) is 0 Å². The number of carboxylic acid groups (broad SMARTS) is 1. The Morgan fingerprint density at radius 1 is 1.46 bits per heavy atom. The fraction of sp³-hybridized carbons (Fsp3) is 0.900. The highest BCUT2D eigenvalue weighted by atomic mass is 16.4. The Morgan fingerprint density at radius 2 is 2.23 bits per heavy atom. The second-order valence-electron chi connectivity index (χ2n) is 4.60. The molecular weight excluding hydrogens is 166 g/mol. The van der Waals surface area contributed by atoms with Gasteiger partial charge in [0.15, 0.2) is 0 Å². The van der Waals surface area contributed by atoms with Crippen LogP contribution in [0.1, 0.15) is 32.1 Å². The van der Waals surface area contributed by atoms with Gasteiger partial charge >= 0.3 is 5.97 Å². The Hall–Kier alpha value is -0.570. The van der Waals surface area contributed by atoms with Crippen molar-refractivity contribution in [2.24, 2.45) is 23.5 Å². The number of fused-ring (bicyclic) bond motifs is 2. The van der Waals surface area contributed by atoms with Crippen LogP contribution in [0.5, 0.6) is 0 Å². The van der Waals surface area contributed by atoms with Crippen LogP contribution in [0.2, 0.25) is 0 Å². The van der Waals surface area contributed by atoms with E-state index in [-0.39, 0.29) is 12.5 Å². The summed E-state index contributed by atoms with van der Waals surface area (Å²) in [5.74, 6) is 1.33. The second kappa shape index (κ2) is 3.29. The number of rotatable bonds is 3. The summed E-state index contributed by atoms with van der Waals surface area (Å²) in [5.41, 5.74) is 5.89. The molecule has 0 aromatic heterocycles. The van der Waals surface area contributed by atoms with Gasteiger partial charge in [-0.25, -0.2) is 0 Å². The van der Waals surface area contributed by atoms with Crippen molar-refractivity contribution in [3.63, 3.8) is 0 Å². The molecule has 0 aromatic carbocycles. The average molecular weight is 183 g/mol. The van der Waals surface area contributed by atoms with Gasteiger partial charge in [-0.15, -0.1) is 0 Å². The minimum Gasteiger partial charge on any atom is -0.481 e. The van der Waals surface area contributed by atoms with Crippen LogP contribution in [0.4, 0.5) is 0 Å². The molecule has 3 unspecified atom stereocenters. The van der Waals surface area contributed by atoms with Crippen molar-refractivity contribution >= 4 is 5.97 Å². The minimum atomic E-state index is -0.754. The zero-order chi connectivity index (χ0) is 9.42. The lowest BCUT2D eigenvalue weighted by Gasteiger charge is -2.26. The highest BCUT2D eigenvalue weighted by Crippen LogP contribution is 2.49. The third kappa shape index (κ3) is 1.70. The monoisotopic (exact) mass is 183 g/mol. The van der Waals surface area contributed by atoms with Gasteiger partial charge in [0.25, 0.3) is 0 Å². The number of nitrogens with two attached hydrogens (primary N) is 1. The van der Waals surface area contributed by atoms with E-state index in [0.717, 1.165) is 11.8 Å². The number of carboxylic acids is 1. The third-order valence-corrected chi connectivity index (χ3v) is 3.75. The molecule has 2 bridgehead atoms. The van der Waals surface area contributed by atoms with Gasteiger partial charge in [-0.3, -0.25) is 4.79 Å². The zero-order valence-electron chi connectivity index (χ0n) is 7.78. The maximum absolute atomic E-state index is 10.5. The molecule has 2 aliphatic rings. The zero-order valence-corrected chi connectivity index (χ0v) is 7.78. The number of carbonyl (C=O) groups is 1. The normalized spacial score (nSPS) is 39.3. The maximum Gasteiger partial charge on any atom is 0.304 e. The van der Waals surface area contributed by atoms with Crippen LogP contribution in [0.3, 0.4) is 0 Å². The molecule has 13 heavy (non-hydrogen) atoms. The summed E-state index contributed by atoms with van der Waals surface area (Å²) in [6.07, 6.45) is 5.26. The van der Waals surface area contributed by atoms with Gasteiger partial charge in [-0.05, 0) is 37.0 Å². The molecule has 74 valence electrons. The molecule has 0 radical (unpaired) electrons. The van der Waals surface area contributed by atoms with Crippen LogP contribution in [-0.2, 0) is 4.79 Å². The smallest absolute Gasteiger partial charge is 0.304 e. The van der Waals surface area contributed by atoms with Crippen LogP contribution >= 0.6 is 0 Å². The molecule has 0 amide bonds. The first-order chi connectivity index (χ1) is 6.16. The van der Waals surface area contributed by atoms with Crippen LogP contribution in [-0.4, -0.2) is 17.1 Å². The molecular formula is C10H17NO2. The lowest BCUT2D eigenvalue weighted by atomic mass is 9.82. The maximum atomic E-state index is 10.5. The van der Waals surface area contributed by atoms with E-state index in [1.165, 1.54) is 25.7 Å². The summed E-state index contributed by atoms with van der Waals surface area (Å²) in [7, 11) is 0. The van der Waals surface area contributed by atoms with Crippen molar-refractivity contribution in [2.75, 3.05) is 0 Å². The van der Waals surface area contributed by atoms with E-state index in [1.54, 1.807) is 0 Å². The lowest BCUT2D eigenvalue weighted by molar-refractivity contribution is -0.137. The van der Waals surface area contributed by atoms with Crippen LogP contribution in [0.15, 0.2) is 0 Å². The summed E-state index contributed by atoms with van der Waals surface area (Å²) >= 11 is 0. The van der Waals surface area contributed by atoms with Crippen LogP contribution in [0, 0.1) is 17.8 Å². The molecule has 4 atom stereocenters. The van der Waals surface area contributed by atoms with E-state index in [2.05, 4.69) is 0 Å². The van der Waals surface area contributed by atoms with E-state index in [4.69, 9.17) is 10.8 Å². The SMILES string of the molecule is N[C@H](CC(=O)O)C1CC2CCC1C2. The van der Waals surface area contributed by atoms with Crippen LogP contribution in [0.25, 0.3) is 0 Å². The summed E-state index contributed by atoms with van der Waals surface area (Å²) in [6, 6.07) is -0.104. The van der Waals surface area contributed by atoms with Gasteiger partial charge in [0.1, 0.15) is 0 Å². The first-order valence-electron chi connectivity index (χ1n) is 5.14. The number of hydrogen-bond donors (Lipinski definition) is 2. The van der Waals surface area contributed by atoms with Gasteiger partial charge in [0.2, 0.25) is 0 Å². The highest BCUT2D eigenvalue weighted by Gasteiger charge is 2.42. The summed E-state index contributed by atoms with van der Waals surface area (Å²) in [6.45, 7) is 0. The van der Waals surface area contributed by atoms with Crippen molar-refractivity contribution in [3.05, 3.63) is 0 Å². The first kappa shape index (κ1) is 9.00. The topological polar surface area (TPSA) is 63.3 Å². The van der Waals surface area contributed by atoms with Crippen molar-refractivity contribution in [3.8, 4) is 0 Å². The minimum absolute atomic E-state index is 0.104. The van der Waals surface area contributed by atoms with Crippen molar-refractivity contribution < 1.29 is 9.90 Å². The van der Waals surface area contributed by atoms with Crippen molar-refractivity contribution in [1.29, 1.82) is 0 Å². The summed E-state index contributed by atoms with van der Waals surface area (Å²) in [4.78, 5) is 10.5. The molecule has 2 aliphatic carbocycles. The van der Waals surface area contributed by atoms with Gasteiger partial charge in [0, 0.05) is 6.04 Å². The summed E-state index contributed by atoms with van der Waals surface area (Å²) in [5, 5.41) is 8.63. The van der Waals surface area contributed by atoms with Gasteiger partial charge < -0.3 is 10.8 Å². The van der Waals surface area contributed by atoms with E-state index in [1.807, 2.05) is 0 Å². The molecule has 2 fully saturated rings. The largest absolute Gasteiger partial charge is 0.481 e. The number of aliphatic carboxylic acids is 1. The van der Waals surface area contributed by atoms with Crippen molar-refractivity contribution in [2.45, 2.75) is 38.1 Å². The van der Waals surface area contributed by atoms with Gasteiger partial charge in [-0.2, -0.15) is 0 Å². The van der Waals surface area contributed by atoms with E-state index < -0.39 is 5.97 Å². The Balaban J connectivity index is 1.91. The molecule has 0 aliphatic heterocycles. The first-order valence-corrected chi connectivity index (χ1v) is 5.14. The molecule has 2 saturated carbocycles. The average Bonchev–Trinajstić information content (AvgIpc) is 2.62. The van der Waals surface area contributed by atoms with E-state index in [0.29, 0.717) is 5.92 Å². The Morgan fingerprint density at radius 3 is 2.69 bits per heavy atom. The van der Waals surface area contributed by atoms with E-state index >= 15 is 0 Å². The Kier molecular flexibility index (Phi) is 2.28. The molecule has 3 nitrogen and oxygen atoms in total. The Bertz CT molecular complexity index is 217. The molecule has 0 heterocycles. The summed E-state index contributed by atoms with van der Waals surface area (Å²) < 4.78 is 0. The standard InChI is InChI=1S/C10H17NO2/c11-9(5-10(12)13)8-4-6-1-2-7(8)3-6/h6-9H,1-5,11H2,(H,12,13)/t6?,7?,8?,9-/m1/s1.